The highest BCUT2D eigenvalue weighted by atomic mass is 35.5. The number of benzene rings is 1. The molecule has 1 saturated heterocycles. The van der Waals surface area contributed by atoms with E-state index in [-0.39, 0.29) is 23.7 Å². The molecule has 0 radical (unpaired) electrons. The Morgan fingerprint density at radius 3 is 2.19 bits per heavy atom. The van der Waals surface area contributed by atoms with E-state index < -0.39 is 0 Å². The van der Waals surface area contributed by atoms with Gasteiger partial charge in [-0.2, -0.15) is 0 Å². The number of fused-ring (bicyclic) bond motifs is 1. The van der Waals surface area contributed by atoms with Crippen molar-refractivity contribution in [3.63, 3.8) is 0 Å². The maximum absolute atomic E-state index is 12.3. The Kier molecular flexibility index (Phi) is 4.36. The van der Waals surface area contributed by atoms with E-state index in [2.05, 4.69) is 0 Å². The lowest BCUT2D eigenvalue weighted by atomic mass is 9.85. The molecule has 21 heavy (non-hydrogen) atoms. The number of imide groups is 1. The SMILES string of the molecule is O=C1C2CC=CCC2C(=O)N1CSCc1ccc(Cl)cc1. The molecule has 2 unspecified atom stereocenters. The highest BCUT2D eigenvalue weighted by molar-refractivity contribution is 7.98. The highest BCUT2D eigenvalue weighted by Gasteiger charge is 2.46. The summed E-state index contributed by atoms with van der Waals surface area (Å²) in [5, 5.41) is 0.713. The van der Waals surface area contributed by atoms with Gasteiger partial charge in [-0.25, -0.2) is 0 Å². The van der Waals surface area contributed by atoms with E-state index in [9.17, 15) is 9.59 Å². The van der Waals surface area contributed by atoms with Crippen LogP contribution in [0.5, 0.6) is 0 Å². The lowest BCUT2D eigenvalue weighted by molar-refractivity contribution is -0.138. The van der Waals surface area contributed by atoms with Crippen molar-refractivity contribution in [2.45, 2.75) is 18.6 Å². The topological polar surface area (TPSA) is 37.4 Å². The first-order valence-electron chi connectivity index (χ1n) is 6.99. The molecule has 1 heterocycles. The Labute approximate surface area is 133 Å². The van der Waals surface area contributed by atoms with Crippen molar-refractivity contribution >= 4 is 35.2 Å². The van der Waals surface area contributed by atoms with Crippen LogP contribution in [0.15, 0.2) is 36.4 Å². The van der Waals surface area contributed by atoms with Crippen molar-refractivity contribution < 1.29 is 9.59 Å². The van der Waals surface area contributed by atoms with Crippen LogP contribution in [0.2, 0.25) is 5.02 Å². The quantitative estimate of drug-likeness (QED) is 0.629. The minimum Gasteiger partial charge on any atom is -0.274 e. The lowest BCUT2D eigenvalue weighted by Crippen LogP contribution is -2.30. The molecular formula is C16H16ClNO2S. The molecule has 1 fully saturated rings. The van der Waals surface area contributed by atoms with Gasteiger partial charge in [-0.1, -0.05) is 35.9 Å². The molecule has 2 aliphatic rings. The Hall–Kier alpha value is -1.26. The minimum atomic E-state index is -0.126. The van der Waals surface area contributed by atoms with Gasteiger partial charge in [0.25, 0.3) is 0 Å². The predicted molar refractivity (Wildman–Crippen MR) is 84.8 cm³/mol. The summed E-state index contributed by atoms with van der Waals surface area (Å²) in [5.74, 6) is 0.947. The first-order chi connectivity index (χ1) is 10.2. The van der Waals surface area contributed by atoms with Crippen LogP contribution in [0.1, 0.15) is 18.4 Å². The molecule has 0 N–H and O–H groups in total. The van der Waals surface area contributed by atoms with Crippen LogP contribution in [0.4, 0.5) is 0 Å². The number of allylic oxidation sites excluding steroid dienone is 2. The fraction of sp³-hybridized carbons (Fsp3) is 0.375. The summed E-state index contributed by atoms with van der Waals surface area (Å²) in [6.07, 6.45) is 5.43. The number of likely N-dealkylation sites (tertiary alicyclic amines) is 1. The Morgan fingerprint density at radius 2 is 1.62 bits per heavy atom. The van der Waals surface area contributed by atoms with Crippen LogP contribution in [-0.4, -0.2) is 22.6 Å². The van der Waals surface area contributed by atoms with Gasteiger partial charge in [-0.3, -0.25) is 14.5 Å². The number of thioether (sulfide) groups is 1. The number of nitrogens with zero attached hydrogens (tertiary/aromatic N) is 1. The lowest BCUT2D eigenvalue weighted by Gasteiger charge is -2.14. The summed E-state index contributed by atoms with van der Waals surface area (Å²) in [6, 6.07) is 7.63. The van der Waals surface area contributed by atoms with Crippen LogP contribution in [-0.2, 0) is 15.3 Å². The second-order valence-corrected chi connectivity index (χ2v) is 6.76. The molecule has 0 saturated carbocycles. The molecule has 0 spiro atoms. The van der Waals surface area contributed by atoms with Gasteiger partial charge in [0.2, 0.25) is 11.8 Å². The molecule has 110 valence electrons. The maximum Gasteiger partial charge on any atom is 0.234 e. The van der Waals surface area contributed by atoms with Crippen LogP contribution in [0.25, 0.3) is 0 Å². The number of amides is 2. The Morgan fingerprint density at radius 1 is 1.05 bits per heavy atom. The molecule has 1 aromatic carbocycles. The van der Waals surface area contributed by atoms with E-state index in [0.29, 0.717) is 23.7 Å². The number of halogens is 1. The summed E-state index contributed by atoms with van der Waals surface area (Å²) < 4.78 is 0. The van der Waals surface area contributed by atoms with Crippen LogP contribution >= 0.6 is 23.4 Å². The highest BCUT2D eigenvalue weighted by Crippen LogP contribution is 2.35. The Balaban J connectivity index is 1.57. The summed E-state index contributed by atoms with van der Waals surface area (Å²) in [4.78, 5) is 26.0. The van der Waals surface area contributed by atoms with Gasteiger partial charge < -0.3 is 0 Å². The first-order valence-corrected chi connectivity index (χ1v) is 8.52. The second-order valence-electron chi connectivity index (χ2n) is 5.36. The number of rotatable bonds is 4. The predicted octanol–water partition coefficient (Wildman–Crippen LogP) is 3.48. The number of carbonyl (C=O) groups excluding carboxylic acids is 2. The van der Waals surface area contributed by atoms with E-state index in [1.54, 1.807) is 11.8 Å². The number of hydrogen-bond acceptors (Lipinski definition) is 3. The largest absolute Gasteiger partial charge is 0.274 e. The van der Waals surface area contributed by atoms with Gasteiger partial charge in [0.1, 0.15) is 0 Å². The zero-order chi connectivity index (χ0) is 14.8. The van der Waals surface area contributed by atoms with E-state index in [1.165, 1.54) is 4.90 Å². The molecule has 2 amide bonds. The summed E-state index contributed by atoms with van der Waals surface area (Å²) >= 11 is 7.43. The van der Waals surface area contributed by atoms with Crippen molar-refractivity contribution in [2.24, 2.45) is 11.8 Å². The van der Waals surface area contributed by atoms with Gasteiger partial charge in [-0.05, 0) is 30.5 Å². The standard InChI is InChI=1S/C16H16ClNO2S/c17-12-7-5-11(6-8-12)9-21-10-18-15(19)13-3-1-2-4-14(13)16(18)20/h1-2,5-8,13-14H,3-4,9-10H2. The smallest absolute Gasteiger partial charge is 0.234 e. The number of carbonyl (C=O) groups is 2. The third-order valence-electron chi connectivity index (χ3n) is 4.00. The molecule has 0 bridgehead atoms. The average Bonchev–Trinajstić information content (AvgIpc) is 2.75. The molecule has 2 atom stereocenters. The van der Waals surface area contributed by atoms with Crippen molar-refractivity contribution in [1.29, 1.82) is 0 Å². The third kappa shape index (κ3) is 3.01. The molecule has 0 aromatic heterocycles. The zero-order valence-corrected chi connectivity index (χ0v) is 13.1. The Bertz CT molecular complexity index is 558. The molecule has 1 aliphatic carbocycles. The zero-order valence-electron chi connectivity index (χ0n) is 11.5. The van der Waals surface area contributed by atoms with Crippen molar-refractivity contribution in [3.8, 4) is 0 Å². The average molecular weight is 322 g/mol. The van der Waals surface area contributed by atoms with Gasteiger partial charge in [-0.15, -0.1) is 11.8 Å². The second kappa shape index (κ2) is 6.24. The normalized spacial score (nSPS) is 24.5. The fourth-order valence-electron chi connectivity index (χ4n) is 2.83. The molecule has 1 aromatic rings. The van der Waals surface area contributed by atoms with E-state index >= 15 is 0 Å². The monoisotopic (exact) mass is 321 g/mol. The van der Waals surface area contributed by atoms with Gasteiger partial charge >= 0.3 is 0 Å². The molecule has 3 nitrogen and oxygen atoms in total. The van der Waals surface area contributed by atoms with Gasteiger partial charge in [0.05, 0.1) is 17.7 Å². The molecule has 1 aliphatic heterocycles. The van der Waals surface area contributed by atoms with Gasteiger partial charge in [0, 0.05) is 10.8 Å². The summed E-state index contributed by atoms with van der Waals surface area (Å²) in [7, 11) is 0. The van der Waals surface area contributed by atoms with Crippen molar-refractivity contribution in [2.75, 3.05) is 5.88 Å². The van der Waals surface area contributed by atoms with Crippen molar-refractivity contribution in [3.05, 3.63) is 47.0 Å². The first kappa shape index (κ1) is 14.7. The van der Waals surface area contributed by atoms with Crippen LogP contribution in [0, 0.1) is 11.8 Å². The summed E-state index contributed by atoms with van der Waals surface area (Å²) in [5.41, 5.74) is 1.14. The van der Waals surface area contributed by atoms with E-state index in [4.69, 9.17) is 11.6 Å². The maximum atomic E-state index is 12.3. The fourth-order valence-corrected chi connectivity index (χ4v) is 3.91. The van der Waals surface area contributed by atoms with Crippen LogP contribution < -0.4 is 0 Å². The minimum absolute atomic E-state index is 0.00189. The van der Waals surface area contributed by atoms with Gasteiger partial charge in [0.15, 0.2) is 0 Å². The molecule has 5 heteroatoms. The molecule has 3 rings (SSSR count). The van der Waals surface area contributed by atoms with E-state index in [1.807, 2.05) is 36.4 Å². The number of hydrogen-bond donors (Lipinski definition) is 0. The summed E-state index contributed by atoms with van der Waals surface area (Å²) in [6.45, 7) is 0. The molecular weight excluding hydrogens is 306 g/mol. The third-order valence-corrected chi connectivity index (χ3v) is 5.23. The van der Waals surface area contributed by atoms with Crippen molar-refractivity contribution in [1.82, 2.24) is 4.90 Å². The van der Waals surface area contributed by atoms with Crippen LogP contribution in [0.3, 0.4) is 0 Å². The van der Waals surface area contributed by atoms with E-state index in [0.717, 1.165) is 11.3 Å².